The molecule has 0 saturated heterocycles. The van der Waals surface area contributed by atoms with Gasteiger partial charge in [-0.15, -0.1) is 12.4 Å². The zero-order chi connectivity index (χ0) is 19.3. The van der Waals surface area contributed by atoms with Gasteiger partial charge in [-0.05, 0) is 48.4 Å². The van der Waals surface area contributed by atoms with Crippen molar-refractivity contribution in [1.82, 2.24) is 5.32 Å². The van der Waals surface area contributed by atoms with Crippen molar-refractivity contribution in [2.24, 2.45) is 0 Å². The van der Waals surface area contributed by atoms with E-state index in [1.165, 1.54) is 44.1 Å². The lowest BCUT2D eigenvalue weighted by molar-refractivity contribution is 0.284. The molecule has 2 aromatic carbocycles. The summed E-state index contributed by atoms with van der Waals surface area (Å²) in [7, 11) is 1.68. The van der Waals surface area contributed by atoms with Crippen molar-refractivity contribution in [2.75, 3.05) is 13.7 Å². The van der Waals surface area contributed by atoms with Gasteiger partial charge in [0, 0.05) is 11.6 Å². The van der Waals surface area contributed by atoms with Gasteiger partial charge in [-0.1, -0.05) is 68.8 Å². The molecule has 0 heterocycles. The smallest absolute Gasteiger partial charge is 0.161 e. The van der Waals surface area contributed by atoms with E-state index < -0.39 is 0 Å². The van der Waals surface area contributed by atoms with Gasteiger partial charge >= 0.3 is 0 Å². The minimum Gasteiger partial charge on any atom is -0.493 e. The molecule has 0 aliphatic heterocycles. The highest BCUT2D eigenvalue weighted by atomic mass is 35.5. The number of rotatable bonds is 13. The molecule has 0 spiro atoms. The quantitative estimate of drug-likeness (QED) is 0.357. The van der Waals surface area contributed by atoms with Crippen LogP contribution in [-0.2, 0) is 13.2 Å². The van der Waals surface area contributed by atoms with Crippen LogP contribution in [0.1, 0.15) is 56.6 Å². The van der Waals surface area contributed by atoms with Gasteiger partial charge in [0.05, 0.1) is 7.11 Å². The highest BCUT2D eigenvalue weighted by molar-refractivity contribution is 6.30. The number of benzene rings is 2. The van der Waals surface area contributed by atoms with Gasteiger partial charge in [-0.3, -0.25) is 0 Å². The molecule has 0 radical (unpaired) electrons. The third kappa shape index (κ3) is 9.18. The molecule has 2 rings (SSSR count). The van der Waals surface area contributed by atoms with Crippen LogP contribution in [0.2, 0.25) is 5.02 Å². The molecule has 2 aromatic rings. The normalized spacial score (nSPS) is 10.4. The minimum absolute atomic E-state index is 0. The standard InChI is InChI=1S/C23H32ClNO2.ClH/c1-3-4-5-6-7-8-15-25-17-20-11-14-22(23(16-20)26-2)27-18-19-9-12-21(24)13-10-19;/h9-14,16,25H,3-8,15,17-18H2,1-2H3;1H. The van der Waals surface area contributed by atoms with E-state index in [9.17, 15) is 0 Å². The van der Waals surface area contributed by atoms with E-state index in [4.69, 9.17) is 21.1 Å². The Bertz CT molecular complexity index is 662. The molecular formula is C23H33Cl2NO2. The molecule has 0 atom stereocenters. The average molecular weight is 426 g/mol. The van der Waals surface area contributed by atoms with Gasteiger partial charge in [0.1, 0.15) is 6.61 Å². The Hall–Kier alpha value is -1.42. The largest absolute Gasteiger partial charge is 0.493 e. The van der Waals surface area contributed by atoms with E-state index in [0.717, 1.165) is 35.2 Å². The van der Waals surface area contributed by atoms with Gasteiger partial charge in [0.15, 0.2) is 11.5 Å². The van der Waals surface area contributed by atoms with E-state index >= 15 is 0 Å². The zero-order valence-corrected chi connectivity index (χ0v) is 18.6. The van der Waals surface area contributed by atoms with Crippen LogP contribution in [0.15, 0.2) is 42.5 Å². The lowest BCUT2D eigenvalue weighted by atomic mass is 10.1. The number of hydrogen-bond acceptors (Lipinski definition) is 3. The molecule has 0 unspecified atom stereocenters. The summed E-state index contributed by atoms with van der Waals surface area (Å²) in [5, 5.41) is 4.25. The molecule has 0 saturated carbocycles. The molecule has 0 amide bonds. The lowest BCUT2D eigenvalue weighted by Crippen LogP contribution is -2.14. The lowest BCUT2D eigenvalue weighted by Gasteiger charge is -2.13. The fraction of sp³-hybridized carbons (Fsp3) is 0.478. The molecule has 0 aliphatic rings. The second-order valence-corrected chi connectivity index (χ2v) is 7.28. The Balaban J connectivity index is 0.00000392. The predicted octanol–water partition coefficient (Wildman–Crippen LogP) is 6.80. The first kappa shape index (κ1) is 24.6. The third-order valence-electron chi connectivity index (χ3n) is 4.57. The molecule has 0 aromatic heterocycles. The fourth-order valence-corrected chi connectivity index (χ4v) is 3.07. The monoisotopic (exact) mass is 425 g/mol. The van der Waals surface area contributed by atoms with Crippen LogP contribution in [0.25, 0.3) is 0 Å². The Morgan fingerprint density at radius 1 is 0.857 bits per heavy atom. The third-order valence-corrected chi connectivity index (χ3v) is 4.82. The van der Waals surface area contributed by atoms with Crippen molar-refractivity contribution in [1.29, 1.82) is 0 Å². The van der Waals surface area contributed by atoms with Crippen LogP contribution in [0, 0.1) is 0 Å². The Kier molecular flexibility index (Phi) is 12.8. The first-order chi connectivity index (χ1) is 13.2. The summed E-state index contributed by atoms with van der Waals surface area (Å²) in [6, 6.07) is 13.8. The van der Waals surface area contributed by atoms with Crippen LogP contribution in [-0.4, -0.2) is 13.7 Å². The molecule has 1 N–H and O–H groups in total. The maximum absolute atomic E-state index is 5.92. The van der Waals surface area contributed by atoms with Crippen LogP contribution in [0.5, 0.6) is 11.5 Å². The number of unbranched alkanes of at least 4 members (excludes halogenated alkanes) is 5. The Morgan fingerprint density at radius 2 is 1.54 bits per heavy atom. The summed E-state index contributed by atoms with van der Waals surface area (Å²) in [4.78, 5) is 0. The summed E-state index contributed by atoms with van der Waals surface area (Å²) in [5.41, 5.74) is 2.28. The summed E-state index contributed by atoms with van der Waals surface area (Å²) < 4.78 is 11.4. The van der Waals surface area contributed by atoms with Crippen molar-refractivity contribution >= 4 is 24.0 Å². The van der Waals surface area contributed by atoms with E-state index in [1.54, 1.807) is 7.11 Å². The summed E-state index contributed by atoms with van der Waals surface area (Å²) in [5.74, 6) is 1.52. The molecule has 0 fully saturated rings. The van der Waals surface area contributed by atoms with Gasteiger partial charge < -0.3 is 14.8 Å². The van der Waals surface area contributed by atoms with Gasteiger partial charge in [0.25, 0.3) is 0 Å². The number of halogens is 2. The van der Waals surface area contributed by atoms with E-state index in [1.807, 2.05) is 36.4 Å². The number of methoxy groups -OCH3 is 1. The number of ether oxygens (including phenoxy) is 2. The SMILES string of the molecule is CCCCCCCCNCc1ccc(OCc2ccc(Cl)cc2)c(OC)c1.Cl. The zero-order valence-electron chi connectivity index (χ0n) is 17.0. The summed E-state index contributed by atoms with van der Waals surface area (Å²) >= 11 is 5.92. The first-order valence-electron chi connectivity index (χ1n) is 9.97. The average Bonchev–Trinajstić information content (AvgIpc) is 2.70. The Morgan fingerprint density at radius 3 is 2.25 bits per heavy atom. The maximum Gasteiger partial charge on any atom is 0.161 e. The van der Waals surface area contributed by atoms with Crippen molar-refractivity contribution in [3.63, 3.8) is 0 Å². The predicted molar refractivity (Wildman–Crippen MR) is 121 cm³/mol. The highest BCUT2D eigenvalue weighted by Crippen LogP contribution is 2.29. The number of nitrogens with one attached hydrogen (secondary N) is 1. The van der Waals surface area contributed by atoms with E-state index in [2.05, 4.69) is 18.3 Å². The molecule has 5 heteroatoms. The minimum atomic E-state index is 0. The van der Waals surface area contributed by atoms with Crippen LogP contribution in [0.4, 0.5) is 0 Å². The van der Waals surface area contributed by atoms with Crippen molar-refractivity contribution in [2.45, 2.75) is 58.6 Å². The summed E-state index contributed by atoms with van der Waals surface area (Å²) in [6.45, 7) is 4.65. The topological polar surface area (TPSA) is 30.5 Å². The molecule has 156 valence electrons. The van der Waals surface area contributed by atoms with E-state index in [-0.39, 0.29) is 12.4 Å². The second kappa shape index (κ2) is 14.6. The van der Waals surface area contributed by atoms with Gasteiger partial charge in [0.2, 0.25) is 0 Å². The maximum atomic E-state index is 5.92. The van der Waals surface area contributed by atoms with Gasteiger partial charge in [-0.25, -0.2) is 0 Å². The number of hydrogen-bond donors (Lipinski definition) is 1. The van der Waals surface area contributed by atoms with Crippen molar-refractivity contribution in [3.05, 3.63) is 58.6 Å². The summed E-state index contributed by atoms with van der Waals surface area (Å²) in [6.07, 6.45) is 7.93. The van der Waals surface area contributed by atoms with Crippen molar-refractivity contribution < 1.29 is 9.47 Å². The van der Waals surface area contributed by atoms with Gasteiger partial charge in [-0.2, -0.15) is 0 Å². The van der Waals surface area contributed by atoms with Crippen molar-refractivity contribution in [3.8, 4) is 11.5 Å². The fourth-order valence-electron chi connectivity index (χ4n) is 2.95. The molecule has 3 nitrogen and oxygen atoms in total. The van der Waals surface area contributed by atoms with Crippen LogP contribution in [0.3, 0.4) is 0 Å². The van der Waals surface area contributed by atoms with Crippen LogP contribution < -0.4 is 14.8 Å². The highest BCUT2D eigenvalue weighted by Gasteiger charge is 2.06. The molecule has 0 aliphatic carbocycles. The molecule has 28 heavy (non-hydrogen) atoms. The Labute approximate surface area is 181 Å². The van der Waals surface area contributed by atoms with E-state index in [0.29, 0.717) is 6.61 Å². The first-order valence-corrected chi connectivity index (χ1v) is 10.4. The second-order valence-electron chi connectivity index (χ2n) is 6.84. The molecule has 0 bridgehead atoms. The molecular weight excluding hydrogens is 393 g/mol. The van der Waals surface area contributed by atoms with Crippen LogP contribution >= 0.6 is 24.0 Å².